The Morgan fingerprint density at radius 2 is 1.64 bits per heavy atom. The molecule has 2 rings (SSSR count). The molecule has 148 valence electrons. The zero-order valence-corrected chi connectivity index (χ0v) is 17.8. The van der Waals surface area contributed by atoms with Crippen LogP contribution >= 0.6 is 23.2 Å². The van der Waals surface area contributed by atoms with Gasteiger partial charge in [-0.25, -0.2) is 5.43 Å². The number of halogens is 2. The molecule has 0 radical (unpaired) electrons. The van der Waals surface area contributed by atoms with Crippen LogP contribution in [0.25, 0.3) is 0 Å². The zero-order valence-electron chi connectivity index (χ0n) is 16.3. The topological polar surface area (TPSA) is 70.6 Å². The first-order valence-corrected chi connectivity index (χ1v) is 9.51. The minimum atomic E-state index is -0.329. The largest absolute Gasteiger partial charge is 0.326 e. The number of benzene rings is 2. The molecule has 5 nitrogen and oxygen atoms in total. The molecule has 0 aliphatic rings. The van der Waals surface area contributed by atoms with E-state index in [1.165, 1.54) is 0 Å². The standard InChI is InChI=1S/C21H23Cl2N3O2/c1-13(11-19(27)24-16-9-10-17(22)18(23)12-16)25-26-20(28)14-5-7-15(8-6-14)21(2,3)4/h5-10,12H,11H2,1-4H3,(H,24,27)(H,26,28)/b25-13-. The van der Waals surface area contributed by atoms with E-state index in [0.29, 0.717) is 27.0 Å². The van der Waals surface area contributed by atoms with Gasteiger partial charge in [-0.05, 0) is 48.2 Å². The maximum atomic E-state index is 12.2. The molecule has 0 bridgehead atoms. The third-order valence-corrected chi connectivity index (χ3v) is 4.72. The Kier molecular flexibility index (Phi) is 7.22. The lowest BCUT2D eigenvalue weighted by Gasteiger charge is -2.18. The van der Waals surface area contributed by atoms with E-state index in [2.05, 4.69) is 36.6 Å². The molecule has 0 atom stereocenters. The van der Waals surface area contributed by atoms with E-state index in [0.717, 1.165) is 5.56 Å². The second-order valence-electron chi connectivity index (χ2n) is 7.47. The van der Waals surface area contributed by atoms with Crippen LogP contribution in [0.4, 0.5) is 5.69 Å². The number of hydrogen-bond donors (Lipinski definition) is 2. The van der Waals surface area contributed by atoms with Gasteiger partial charge < -0.3 is 5.32 Å². The molecular weight excluding hydrogens is 397 g/mol. The molecule has 7 heteroatoms. The van der Waals surface area contributed by atoms with Gasteiger partial charge in [0.1, 0.15) is 0 Å². The molecule has 0 spiro atoms. The SMILES string of the molecule is C/C(CC(=O)Nc1ccc(Cl)c(Cl)c1)=N/NC(=O)c1ccc(C(C)(C)C)cc1. The molecule has 0 aliphatic heterocycles. The fourth-order valence-electron chi connectivity index (χ4n) is 2.38. The number of rotatable bonds is 5. The summed E-state index contributed by atoms with van der Waals surface area (Å²) in [5.74, 6) is -0.604. The predicted molar refractivity (Wildman–Crippen MR) is 115 cm³/mol. The van der Waals surface area contributed by atoms with Crippen molar-refractivity contribution in [1.29, 1.82) is 0 Å². The summed E-state index contributed by atoms with van der Waals surface area (Å²) < 4.78 is 0. The van der Waals surface area contributed by atoms with E-state index < -0.39 is 0 Å². The summed E-state index contributed by atoms with van der Waals surface area (Å²) in [4.78, 5) is 24.3. The molecule has 2 N–H and O–H groups in total. The summed E-state index contributed by atoms with van der Waals surface area (Å²) in [6.07, 6.45) is 0.0312. The quantitative estimate of drug-likeness (QED) is 0.501. The third-order valence-electron chi connectivity index (χ3n) is 3.98. The minimum absolute atomic E-state index is 0.0193. The van der Waals surface area contributed by atoms with Crippen molar-refractivity contribution in [2.24, 2.45) is 5.10 Å². The van der Waals surface area contributed by atoms with E-state index >= 15 is 0 Å². The monoisotopic (exact) mass is 419 g/mol. The van der Waals surface area contributed by atoms with Gasteiger partial charge in [0.05, 0.1) is 16.5 Å². The van der Waals surface area contributed by atoms with Crippen LogP contribution < -0.4 is 10.7 Å². The first kappa shape index (κ1) is 21.9. The van der Waals surface area contributed by atoms with E-state index in [1.807, 2.05) is 12.1 Å². The van der Waals surface area contributed by atoms with Crippen LogP contribution in [0.5, 0.6) is 0 Å². The number of nitrogens with zero attached hydrogens (tertiary/aromatic N) is 1. The van der Waals surface area contributed by atoms with E-state index in [9.17, 15) is 9.59 Å². The lowest BCUT2D eigenvalue weighted by Crippen LogP contribution is -2.21. The first-order valence-electron chi connectivity index (χ1n) is 8.75. The maximum Gasteiger partial charge on any atom is 0.271 e. The Bertz CT molecular complexity index is 901. The fourth-order valence-corrected chi connectivity index (χ4v) is 2.68. The van der Waals surface area contributed by atoms with Crippen molar-refractivity contribution in [3.05, 3.63) is 63.6 Å². The first-order chi connectivity index (χ1) is 13.1. The van der Waals surface area contributed by atoms with Gasteiger partial charge >= 0.3 is 0 Å². The molecule has 0 unspecified atom stereocenters. The van der Waals surface area contributed by atoms with Crippen molar-refractivity contribution in [1.82, 2.24) is 5.43 Å². The smallest absolute Gasteiger partial charge is 0.271 e. The molecule has 2 aromatic carbocycles. The molecule has 28 heavy (non-hydrogen) atoms. The highest BCUT2D eigenvalue weighted by Gasteiger charge is 2.14. The molecule has 2 amide bonds. The van der Waals surface area contributed by atoms with E-state index in [1.54, 1.807) is 37.3 Å². The van der Waals surface area contributed by atoms with Crippen LogP contribution in [0.1, 0.15) is 50.0 Å². The highest BCUT2D eigenvalue weighted by atomic mass is 35.5. The van der Waals surface area contributed by atoms with Crippen molar-refractivity contribution in [3.63, 3.8) is 0 Å². The van der Waals surface area contributed by atoms with Crippen LogP contribution in [0.2, 0.25) is 10.0 Å². The van der Waals surface area contributed by atoms with Crippen molar-refractivity contribution in [2.45, 2.75) is 39.5 Å². The Morgan fingerprint density at radius 1 is 1.00 bits per heavy atom. The lowest BCUT2D eigenvalue weighted by atomic mass is 9.87. The minimum Gasteiger partial charge on any atom is -0.326 e. The van der Waals surface area contributed by atoms with Crippen LogP contribution in [0.15, 0.2) is 47.6 Å². The molecule has 0 heterocycles. The number of nitrogens with one attached hydrogen (secondary N) is 2. The molecule has 0 saturated heterocycles. The van der Waals surface area contributed by atoms with Crippen LogP contribution in [-0.2, 0) is 10.2 Å². The number of hydrazone groups is 1. The summed E-state index contributed by atoms with van der Waals surface area (Å²) in [5.41, 5.74) is 5.15. The zero-order chi connectivity index (χ0) is 20.9. The molecular formula is C21H23Cl2N3O2. The molecule has 2 aromatic rings. The summed E-state index contributed by atoms with van der Waals surface area (Å²) in [6.45, 7) is 7.99. The van der Waals surface area contributed by atoms with Gasteiger partial charge in [-0.2, -0.15) is 5.10 Å². The van der Waals surface area contributed by atoms with Gasteiger partial charge in [0.15, 0.2) is 0 Å². The summed E-state index contributed by atoms with van der Waals surface area (Å²) in [7, 11) is 0. The number of anilines is 1. The van der Waals surface area contributed by atoms with Gasteiger partial charge in [-0.1, -0.05) is 56.1 Å². The van der Waals surface area contributed by atoms with Crippen molar-refractivity contribution in [3.8, 4) is 0 Å². The molecule has 0 aliphatic carbocycles. The summed E-state index contributed by atoms with van der Waals surface area (Å²) in [5, 5.41) is 7.47. The Labute approximate surface area is 175 Å². The van der Waals surface area contributed by atoms with Gasteiger partial charge in [-0.3, -0.25) is 9.59 Å². The second-order valence-corrected chi connectivity index (χ2v) is 8.28. The van der Waals surface area contributed by atoms with Gasteiger partial charge in [0.25, 0.3) is 5.91 Å². The summed E-state index contributed by atoms with van der Waals surface area (Å²) >= 11 is 11.8. The number of amides is 2. The van der Waals surface area contributed by atoms with Crippen molar-refractivity contribution < 1.29 is 9.59 Å². The lowest BCUT2D eigenvalue weighted by molar-refractivity contribution is -0.115. The normalized spacial score (nSPS) is 11.9. The van der Waals surface area contributed by atoms with E-state index in [-0.39, 0.29) is 23.7 Å². The van der Waals surface area contributed by atoms with Crippen LogP contribution in [0, 0.1) is 0 Å². The second kappa shape index (κ2) is 9.22. The molecule has 0 fully saturated rings. The van der Waals surface area contributed by atoms with Crippen molar-refractivity contribution in [2.75, 3.05) is 5.32 Å². The fraction of sp³-hybridized carbons (Fsp3) is 0.286. The van der Waals surface area contributed by atoms with E-state index in [4.69, 9.17) is 23.2 Å². The highest BCUT2D eigenvalue weighted by Crippen LogP contribution is 2.25. The number of carbonyl (C=O) groups excluding carboxylic acids is 2. The van der Waals surface area contributed by atoms with Gasteiger partial charge in [-0.15, -0.1) is 0 Å². The molecule has 0 saturated carbocycles. The van der Waals surface area contributed by atoms with Crippen LogP contribution in [0.3, 0.4) is 0 Å². The average molecular weight is 420 g/mol. The molecule has 0 aromatic heterocycles. The van der Waals surface area contributed by atoms with Gasteiger partial charge in [0, 0.05) is 17.0 Å². The number of hydrogen-bond acceptors (Lipinski definition) is 3. The van der Waals surface area contributed by atoms with Crippen LogP contribution in [-0.4, -0.2) is 17.5 Å². The Hall–Kier alpha value is -2.37. The maximum absolute atomic E-state index is 12.2. The number of carbonyl (C=O) groups is 2. The summed E-state index contributed by atoms with van der Waals surface area (Å²) in [6, 6.07) is 12.2. The van der Waals surface area contributed by atoms with Crippen molar-refractivity contribution >= 4 is 46.4 Å². The average Bonchev–Trinajstić information content (AvgIpc) is 2.62. The Morgan fingerprint density at radius 3 is 2.21 bits per heavy atom. The predicted octanol–water partition coefficient (Wildman–Crippen LogP) is 5.43. The third kappa shape index (κ3) is 6.36. The Balaban J connectivity index is 1.91. The highest BCUT2D eigenvalue weighted by molar-refractivity contribution is 6.42. The van der Waals surface area contributed by atoms with Gasteiger partial charge in [0.2, 0.25) is 5.91 Å².